The van der Waals surface area contributed by atoms with Crippen LogP contribution < -0.4 is 0 Å². The molecule has 7 heteroatoms. The first kappa shape index (κ1) is 14.2. The average Bonchev–Trinajstić information content (AvgIpc) is 3.00. The Kier molecular flexibility index (Phi) is 3.49. The summed E-state index contributed by atoms with van der Waals surface area (Å²) in [5.41, 5.74) is 2.62. The Morgan fingerprint density at radius 1 is 1.22 bits per heavy atom. The van der Waals surface area contributed by atoms with Crippen molar-refractivity contribution in [1.82, 2.24) is 24.5 Å². The Balaban J connectivity index is 1.84. The number of aryl methyl sites for hydroxylation is 1. The maximum absolute atomic E-state index is 14.2. The van der Waals surface area contributed by atoms with Crippen LogP contribution in [-0.2, 0) is 4.74 Å². The lowest BCUT2D eigenvalue weighted by molar-refractivity contribution is -0.0298. The minimum Gasteiger partial charge on any atom is -0.358 e. The van der Waals surface area contributed by atoms with Crippen LogP contribution in [-0.4, -0.2) is 31.1 Å². The normalized spacial score (nSPS) is 18.4. The molecular weight excluding hydrogens is 297 g/mol. The molecule has 1 aliphatic rings. The lowest BCUT2D eigenvalue weighted by atomic mass is 10.1. The molecule has 0 saturated carbocycles. The van der Waals surface area contributed by atoms with Crippen molar-refractivity contribution < 1.29 is 9.13 Å². The summed E-state index contributed by atoms with van der Waals surface area (Å²) in [6.45, 7) is 2.48. The van der Waals surface area contributed by atoms with Crippen LogP contribution in [0.1, 0.15) is 31.2 Å². The summed E-state index contributed by atoms with van der Waals surface area (Å²) in [5.74, 6) is -0.548. The second-order valence-electron chi connectivity index (χ2n) is 5.66. The lowest BCUT2D eigenvalue weighted by Crippen LogP contribution is -2.17. The third-order valence-electron chi connectivity index (χ3n) is 4.07. The van der Waals surface area contributed by atoms with E-state index in [2.05, 4.69) is 19.9 Å². The van der Waals surface area contributed by atoms with Gasteiger partial charge in [-0.3, -0.25) is 4.57 Å². The number of ether oxygens (including phenoxy) is 1. The molecule has 3 aromatic rings. The van der Waals surface area contributed by atoms with Gasteiger partial charge in [0.1, 0.15) is 23.8 Å². The number of hydrogen-bond acceptors (Lipinski definition) is 5. The highest BCUT2D eigenvalue weighted by Crippen LogP contribution is 2.30. The molecule has 1 aliphatic heterocycles. The van der Waals surface area contributed by atoms with Crippen molar-refractivity contribution in [2.45, 2.75) is 32.4 Å². The minimum atomic E-state index is -0.548. The van der Waals surface area contributed by atoms with Crippen LogP contribution in [0.15, 0.2) is 24.8 Å². The van der Waals surface area contributed by atoms with Gasteiger partial charge in [0.15, 0.2) is 5.65 Å². The topological polar surface area (TPSA) is 65.7 Å². The Labute approximate surface area is 132 Å². The van der Waals surface area contributed by atoms with Crippen LogP contribution in [0.25, 0.3) is 22.4 Å². The SMILES string of the molecule is Cc1ccc(-c2ncnc3c2ncn3C2CCCCO2)c(F)n1. The second-order valence-corrected chi connectivity index (χ2v) is 5.66. The van der Waals surface area contributed by atoms with Crippen molar-refractivity contribution >= 4 is 11.2 Å². The predicted octanol–water partition coefficient (Wildman–Crippen LogP) is 3.03. The molecule has 1 fully saturated rings. The number of aromatic nitrogens is 5. The van der Waals surface area contributed by atoms with E-state index in [9.17, 15) is 4.39 Å². The van der Waals surface area contributed by atoms with Gasteiger partial charge in [-0.15, -0.1) is 0 Å². The summed E-state index contributed by atoms with van der Waals surface area (Å²) in [4.78, 5) is 16.8. The molecule has 0 aromatic carbocycles. The molecule has 118 valence electrons. The number of halogens is 1. The van der Waals surface area contributed by atoms with Crippen LogP contribution in [0.4, 0.5) is 4.39 Å². The van der Waals surface area contributed by atoms with E-state index in [-0.39, 0.29) is 6.23 Å². The third kappa shape index (κ3) is 2.46. The molecule has 0 radical (unpaired) electrons. The highest BCUT2D eigenvalue weighted by Gasteiger charge is 2.21. The van der Waals surface area contributed by atoms with Crippen LogP contribution >= 0.6 is 0 Å². The zero-order valence-corrected chi connectivity index (χ0v) is 12.7. The highest BCUT2D eigenvalue weighted by atomic mass is 19.1. The average molecular weight is 313 g/mol. The van der Waals surface area contributed by atoms with Crippen LogP contribution in [0.5, 0.6) is 0 Å². The first-order valence-corrected chi connectivity index (χ1v) is 7.66. The zero-order valence-electron chi connectivity index (χ0n) is 12.7. The molecule has 0 amide bonds. The summed E-state index contributed by atoms with van der Waals surface area (Å²) < 4.78 is 21.9. The smallest absolute Gasteiger partial charge is 0.222 e. The maximum atomic E-state index is 14.2. The van der Waals surface area contributed by atoms with Crippen molar-refractivity contribution in [2.75, 3.05) is 6.61 Å². The Morgan fingerprint density at radius 2 is 2.13 bits per heavy atom. The zero-order chi connectivity index (χ0) is 15.8. The molecule has 23 heavy (non-hydrogen) atoms. The molecule has 6 nitrogen and oxygen atoms in total. The number of nitrogens with zero attached hydrogens (tertiary/aromatic N) is 5. The van der Waals surface area contributed by atoms with Gasteiger partial charge in [0.25, 0.3) is 0 Å². The van der Waals surface area contributed by atoms with Crippen molar-refractivity contribution in [1.29, 1.82) is 0 Å². The summed E-state index contributed by atoms with van der Waals surface area (Å²) >= 11 is 0. The number of pyridine rings is 1. The molecule has 0 N–H and O–H groups in total. The van der Waals surface area contributed by atoms with E-state index in [0.29, 0.717) is 28.1 Å². The fourth-order valence-electron chi connectivity index (χ4n) is 2.90. The van der Waals surface area contributed by atoms with Crippen molar-refractivity contribution in [3.05, 3.63) is 36.4 Å². The van der Waals surface area contributed by atoms with E-state index in [4.69, 9.17) is 4.74 Å². The molecule has 0 spiro atoms. The quantitative estimate of drug-likeness (QED) is 0.680. The van der Waals surface area contributed by atoms with Crippen LogP contribution in [0.2, 0.25) is 0 Å². The van der Waals surface area contributed by atoms with E-state index < -0.39 is 5.95 Å². The summed E-state index contributed by atoms with van der Waals surface area (Å²) in [5, 5.41) is 0. The van der Waals surface area contributed by atoms with Gasteiger partial charge in [-0.1, -0.05) is 0 Å². The molecule has 0 aliphatic carbocycles. The Hall–Kier alpha value is -2.41. The van der Waals surface area contributed by atoms with Crippen molar-refractivity contribution in [2.24, 2.45) is 0 Å². The number of imidazole rings is 1. The number of hydrogen-bond donors (Lipinski definition) is 0. The monoisotopic (exact) mass is 313 g/mol. The van der Waals surface area contributed by atoms with Gasteiger partial charge in [-0.05, 0) is 38.3 Å². The van der Waals surface area contributed by atoms with E-state index in [1.807, 2.05) is 4.57 Å². The fraction of sp³-hybridized carbons (Fsp3) is 0.375. The van der Waals surface area contributed by atoms with Crippen LogP contribution in [0.3, 0.4) is 0 Å². The van der Waals surface area contributed by atoms with E-state index in [1.165, 1.54) is 6.33 Å². The molecular formula is C16H16FN5O. The first-order chi connectivity index (χ1) is 11.2. The first-order valence-electron chi connectivity index (χ1n) is 7.66. The standard InChI is InChI=1S/C16H16FN5O/c1-10-5-6-11(15(17)21-10)13-14-16(19-8-18-13)22(9-20-14)12-4-2-3-7-23-12/h5-6,8-9,12H,2-4,7H2,1H3. The van der Waals surface area contributed by atoms with Crippen molar-refractivity contribution in [3.63, 3.8) is 0 Å². The maximum Gasteiger partial charge on any atom is 0.222 e. The molecule has 1 saturated heterocycles. The highest BCUT2D eigenvalue weighted by molar-refractivity contribution is 5.87. The van der Waals surface area contributed by atoms with E-state index >= 15 is 0 Å². The summed E-state index contributed by atoms with van der Waals surface area (Å²) in [6.07, 6.45) is 6.15. The molecule has 3 aromatic heterocycles. The summed E-state index contributed by atoms with van der Waals surface area (Å²) in [6, 6.07) is 3.43. The fourth-order valence-corrected chi connectivity index (χ4v) is 2.90. The van der Waals surface area contributed by atoms with E-state index in [0.717, 1.165) is 25.9 Å². The molecule has 0 bridgehead atoms. The predicted molar refractivity (Wildman–Crippen MR) is 82.1 cm³/mol. The Bertz CT molecular complexity index is 857. The number of rotatable bonds is 2. The lowest BCUT2D eigenvalue weighted by Gasteiger charge is -2.23. The van der Waals surface area contributed by atoms with Crippen LogP contribution in [0, 0.1) is 12.9 Å². The number of fused-ring (bicyclic) bond motifs is 1. The van der Waals surface area contributed by atoms with Gasteiger partial charge in [-0.25, -0.2) is 19.9 Å². The second kappa shape index (κ2) is 5.66. The van der Waals surface area contributed by atoms with Gasteiger partial charge < -0.3 is 4.74 Å². The minimum absolute atomic E-state index is 0.0718. The van der Waals surface area contributed by atoms with Gasteiger partial charge in [-0.2, -0.15) is 4.39 Å². The Morgan fingerprint density at radius 3 is 2.91 bits per heavy atom. The van der Waals surface area contributed by atoms with Gasteiger partial charge in [0.2, 0.25) is 5.95 Å². The third-order valence-corrected chi connectivity index (χ3v) is 4.07. The largest absolute Gasteiger partial charge is 0.358 e. The molecule has 4 heterocycles. The molecule has 1 unspecified atom stereocenters. The van der Waals surface area contributed by atoms with Gasteiger partial charge in [0.05, 0.1) is 11.9 Å². The van der Waals surface area contributed by atoms with Gasteiger partial charge >= 0.3 is 0 Å². The molecule has 1 atom stereocenters. The van der Waals surface area contributed by atoms with E-state index in [1.54, 1.807) is 25.4 Å². The van der Waals surface area contributed by atoms with Gasteiger partial charge in [0, 0.05) is 12.3 Å². The summed E-state index contributed by atoms with van der Waals surface area (Å²) in [7, 11) is 0. The molecule has 4 rings (SSSR count). The van der Waals surface area contributed by atoms with Crippen molar-refractivity contribution in [3.8, 4) is 11.3 Å².